The number of hydrogen-bond acceptors (Lipinski definition) is 7. The fraction of sp³-hybridized carbons (Fsp3) is 0.345. The Morgan fingerprint density at radius 1 is 1.15 bits per heavy atom. The minimum atomic E-state index is -4.88. The second kappa shape index (κ2) is 11.7. The number of Topliss-reactive ketones (excluding diaryl/α,β-unsaturated/α-hetero) is 1. The number of benzene rings is 2. The first-order valence-corrected chi connectivity index (χ1v) is 12.6. The Bertz CT molecular complexity index is 1490. The number of aliphatic hydroxyl groups is 1. The number of aryl methyl sites for hydroxylation is 1. The Labute approximate surface area is 233 Å². The molecule has 1 heterocycles. The standard InChI is InChI=1S/C29H30F4N2O6/c1-16-9-21-22(15-34-23(21)13-24(16)41-29(31,32)33)27(37)26(20-5-6-28(2,30)14-25(20)39-4)35-17-10-18(38-3)12-19(11-17)40-8-7-36/h5,9-15,26,34-36H,6-8H2,1-4H3. The summed E-state index contributed by atoms with van der Waals surface area (Å²) < 4.78 is 74.0. The number of anilines is 1. The molecule has 0 spiro atoms. The number of methoxy groups -OCH3 is 2. The van der Waals surface area contributed by atoms with Crippen LogP contribution >= 0.6 is 0 Å². The number of aromatic amines is 1. The summed E-state index contributed by atoms with van der Waals surface area (Å²) in [5.74, 6) is 0.0733. The Kier molecular flexibility index (Phi) is 8.52. The van der Waals surface area contributed by atoms with Gasteiger partial charge >= 0.3 is 6.36 Å². The number of nitrogens with one attached hydrogen (secondary N) is 2. The molecule has 41 heavy (non-hydrogen) atoms. The van der Waals surface area contributed by atoms with E-state index in [1.807, 2.05) is 0 Å². The molecule has 8 nitrogen and oxygen atoms in total. The van der Waals surface area contributed by atoms with Crippen LogP contribution < -0.4 is 19.5 Å². The number of fused-ring (bicyclic) bond motifs is 1. The van der Waals surface area contributed by atoms with Gasteiger partial charge in [0.2, 0.25) is 0 Å². The summed E-state index contributed by atoms with van der Waals surface area (Å²) in [5, 5.41) is 12.7. The molecule has 1 aliphatic rings. The van der Waals surface area contributed by atoms with Crippen LogP contribution in [0.2, 0.25) is 0 Å². The molecule has 3 N–H and O–H groups in total. The number of hydrogen-bond donors (Lipinski definition) is 3. The molecule has 220 valence electrons. The molecule has 0 saturated heterocycles. The summed E-state index contributed by atoms with van der Waals surface area (Å²) in [6.07, 6.45) is -0.622. The number of carbonyl (C=O) groups excluding carboxylic acids is 1. The van der Waals surface area contributed by atoms with E-state index >= 15 is 0 Å². The molecular weight excluding hydrogens is 548 g/mol. The number of aromatic nitrogens is 1. The van der Waals surface area contributed by atoms with Gasteiger partial charge in [-0.2, -0.15) is 0 Å². The molecule has 3 aromatic rings. The minimum absolute atomic E-state index is 0.0191. The van der Waals surface area contributed by atoms with Crippen LogP contribution in [-0.4, -0.2) is 61.4 Å². The molecule has 12 heteroatoms. The van der Waals surface area contributed by atoms with E-state index < -0.39 is 29.6 Å². The summed E-state index contributed by atoms with van der Waals surface area (Å²) in [4.78, 5) is 17.0. The zero-order valence-electron chi connectivity index (χ0n) is 22.8. The van der Waals surface area contributed by atoms with Crippen molar-refractivity contribution in [2.75, 3.05) is 32.8 Å². The summed E-state index contributed by atoms with van der Waals surface area (Å²) in [6, 6.07) is 6.35. The van der Waals surface area contributed by atoms with Gasteiger partial charge in [0.05, 0.1) is 20.8 Å². The number of H-pyrrole nitrogens is 1. The van der Waals surface area contributed by atoms with Crippen molar-refractivity contribution < 1.29 is 46.4 Å². The number of aliphatic hydroxyl groups excluding tert-OH is 1. The largest absolute Gasteiger partial charge is 0.573 e. The van der Waals surface area contributed by atoms with Crippen LogP contribution in [0.1, 0.15) is 29.3 Å². The van der Waals surface area contributed by atoms with Crippen molar-refractivity contribution in [3.05, 3.63) is 71.1 Å². The maximum absolute atomic E-state index is 14.9. The van der Waals surface area contributed by atoms with Crippen LogP contribution in [0.3, 0.4) is 0 Å². The highest BCUT2D eigenvalue weighted by Gasteiger charge is 2.35. The molecule has 1 aliphatic carbocycles. The molecule has 2 unspecified atom stereocenters. The molecule has 0 bridgehead atoms. The lowest BCUT2D eigenvalue weighted by atomic mass is 9.87. The third-order valence-electron chi connectivity index (χ3n) is 6.49. The first-order chi connectivity index (χ1) is 19.3. The van der Waals surface area contributed by atoms with Crippen LogP contribution in [0.4, 0.5) is 23.2 Å². The van der Waals surface area contributed by atoms with Gasteiger partial charge in [-0.25, -0.2) is 4.39 Å². The van der Waals surface area contributed by atoms with Gasteiger partial charge in [-0.3, -0.25) is 4.79 Å². The van der Waals surface area contributed by atoms with Crippen molar-refractivity contribution in [1.29, 1.82) is 0 Å². The van der Waals surface area contributed by atoms with Gasteiger partial charge in [0.1, 0.15) is 41.3 Å². The van der Waals surface area contributed by atoms with E-state index in [1.54, 1.807) is 24.3 Å². The molecule has 0 fully saturated rings. The first-order valence-electron chi connectivity index (χ1n) is 12.6. The Morgan fingerprint density at radius 3 is 2.54 bits per heavy atom. The maximum atomic E-state index is 14.9. The quantitative estimate of drug-likeness (QED) is 0.189. The van der Waals surface area contributed by atoms with Gasteiger partial charge in [0.15, 0.2) is 5.78 Å². The normalized spacial score (nSPS) is 17.9. The summed E-state index contributed by atoms with van der Waals surface area (Å²) >= 11 is 0. The number of alkyl halides is 4. The van der Waals surface area contributed by atoms with E-state index in [0.29, 0.717) is 28.1 Å². The number of halogens is 4. The van der Waals surface area contributed by atoms with Gasteiger partial charge in [-0.15, -0.1) is 13.2 Å². The van der Waals surface area contributed by atoms with Crippen LogP contribution in [0.25, 0.3) is 10.9 Å². The fourth-order valence-electron chi connectivity index (χ4n) is 4.59. The molecule has 2 atom stereocenters. The second-order valence-corrected chi connectivity index (χ2v) is 9.68. The third kappa shape index (κ3) is 6.94. The summed E-state index contributed by atoms with van der Waals surface area (Å²) in [7, 11) is 2.83. The zero-order valence-corrected chi connectivity index (χ0v) is 22.8. The minimum Gasteiger partial charge on any atom is -0.497 e. The first kappa shape index (κ1) is 29.8. The predicted molar refractivity (Wildman–Crippen MR) is 144 cm³/mol. The fourth-order valence-corrected chi connectivity index (χ4v) is 4.59. The number of carbonyl (C=O) groups is 1. The monoisotopic (exact) mass is 578 g/mol. The lowest BCUT2D eigenvalue weighted by Gasteiger charge is -2.29. The van der Waals surface area contributed by atoms with Crippen molar-refractivity contribution >= 4 is 22.4 Å². The number of ketones is 1. The van der Waals surface area contributed by atoms with E-state index in [0.717, 1.165) is 0 Å². The van der Waals surface area contributed by atoms with Crippen molar-refractivity contribution in [3.63, 3.8) is 0 Å². The number of allylic oxidation sites excluding steroid dienone is 2. The average Bonchev–Trinajstić information content (AvgIpc) is 3.31. The van der Waals surface area contributed by atoms with Gasteiger partial charge in [0, 0.05) is 64.6 Å². The molecule has 0 radical (unpaired) electrons. The molecule has 2 aromatic carbocycles. The Hall–Kier alpha value is -4.19. The molecule has 1 aromatic heterocycles. The smallest absolute Gasteiger partial charge is 0.497 e. The SMILES string of the molecule is COC1=CC(C)(F)CC=C1C(Nc1cc(OC)cc(OCCO)c1)C(=O)c1c[nH]c2cc(OC(F)(F)F)c(C)cc12. The van der Waals surface area contributed by atoms with Crippen LogP contribution in [0.15, 0.2) is 60.0 Å². The molecule has 0 amide bonds. The van der Waals surface area contributed by atoms with Crippen LogP contribution in [-0.2, 0) is 4.74 Å². The summed E-state index contributed by atoms with van der Waals surface area (Å²) in [6.45, 7) is 2.65. The lowest BCUT2D eigenvalue weighted by molar-refractivity contribution is -0.274. The van der Waals surface area contributed by atoms with Gasteiger partial charge < -0.3 is 34.4 Å². The van der Waals surface area contributed by atoms with E-state index in [-0.39, 0.29) is 42.0 Å². The van der Waals surface area contributed by atoms with Crippen molar-refractivity contribution in [3.8, 4) is 17.2 Å². The van der Waals surface area contributed by atoms with Crippen molar-refractivity contribution in [1.82, 2.24) is 4.98 Å². The topological polar surface area (TPSA) is 102 Å². The molecule has 4 rings (SSSR count). The molecule has 0 aliphatic heterocycles. The van der Waals surface area contributed by atoms with E-state index in [2.05, 4.69) is 15.0 Å². The number of rotatable bonds is 11. The Morgan fingerprint density at radius 2 is 1.88 bits per heavy atom. The van der Waals surface area contributed by atoms with Gasteiger partial charge in [-0.05, 0) is 31.6 Å². The average molecular weight is 579 g/mol. The van der Waals surface area contributed by atoms with Crippen LogP contribution in [0.5, 0.6) is 17.2 Å². The van der Waals surface area contributed by atoms with E-state index in [9.17, 15) is 22.4 Å². The highest BCUT2D eigenvalue weighted by Crippen LogP contribution is 2.36. The van der Waals surface area contributed by atoms with Crippen molar-refractivity contribution in [2.45, 2.75) is 38.3 Å². The summed E-state index contributed by atoms with van der Waals surface area (Å²) in [5.41, 5.74) is -0.294. The zero-order chi connectivity index (χ0) is 29.9. The third-order valence-corrected chi connectivity index (χ3v) is 6.49. The second-order valence-electron chi connectivity index (χ2n) is 9.68. The maximum Gasteiger partial charge on any atom is 0.573 e. The van der Waals surface area contributed by atoms with Crippen LogP contribution in [0, 0.1) is 6.92 Å². The highest BCUT2D eigenvalue weighted by atomic mass is 19.4. The Balaban J connectivity index is 1.79. The van der Waals surface area contributed by atoms with Gasteiger partial charge in [-0.1, -0.05) is 6.08 Å². The predicted octanol–water partition coefficient (Wildman–Crippen LogP) is 6.01. The molecular formula is C29H30F4N2O6. The van der Waals surface area contributed by atoms with Gasteiger partial charge in [0.25, 0.3) is 0 Å². The van der Waals surface area contributed by atoms with E-state index in [4.69, 9.17) is 19.3 Å². The highest BCUT2D eigenvalue weighted by molar-refractivity contribution is 6.13. The number of ether oxygens (including phenoxy) is 4. The van der Waals surface area contributed by atoms with Crippen molar-refractivity contribution in [2.24, 2.45) is 0 Å². The molecule has 0 saturated carbocycles. The van der Waals surface area contributed by atoms with E-state index in [1.165, 1.54) is 52.5 Å². The lowest BCUT2D eigenvalue weighted by Crippen LogP contribution is -2.35.